The fourth-order valence-corrected chi connectivity index (χ4v) is 5.28. The molecule has 1 N–H and O–H groups in total. The van der Waals surface area contributed by atoms with Crippen LogP contribution in [0.1, 0.15) is 22.4 Å². The molecule has 1 aliphatic heterocycles. The van der Waals surface area contributed by atoms with Crippen molar-refractivity contribution in [1.29, 1.82) is 0 Å². The van der Waals surface area contributed by atoms with Crippen molar-refractivity contribution in [1.82, 2.24) is 14.9 Å². The number of anilines is 1. The van der Waals surface area contributed by atoms with Crippen LogP contribution in [0, 0.1) is 6.92 Å². The number of halogens is 2. The molecule has 30 heavy (non-hydrogen) atoms. The van der Waals surface area contributed by atoms with Crippen molar-refractivity contribution in [3.63, 3.8) is 0 Å². The molecule has 156 valence electrons. The van der Waals surface area contributed by atoms with Crippen LogP contribution in [0.15, 0.2) is 53.4 Å². The zero-order chi connectivity index (χ0) is 21.3. The lowest BCUT2D eigenvalue weighted by Crippen LogP contribution is -2.32. The monoisotopic (exact) mass is 462 g/mol. The maximum atomic E-state index is 13.1. The summed E-state index contributed by atoms with van der Waals surface area (Å²) < 4.78 is 28.7. The number of fused-ring (bicyclic) bond motifs is 1. The van der Waals surface area contributed by atoms with E-state index >= 15 is 0 Å². The van der Waals surface area contributed by atoms with Gasteiger partial charge in [0, 0.05) is 36.6 Å². The number of hydrogen-bond donors (Lipinski definition) is 1. The van der Waals surface area contributed by atoms with E-state index in [1.54, 1.807) is 19.1 Å². The molecule has 0 radical (unpaired) electrons. The van der Waals surface area contributed by atoms with Crippen molar-refractivity contribution in [3.05, 3.63) is 81.2 Å². The van der Waals surface area contributed by atoms with Crippen molar-refractivity contribution >= 4 is 39.0 Å². The Balaban J connectivity index is 1.65. The Morgan fingerprint density at radius 1 is 1.07 bits per heavy atom. The minimum atomic E-state index is -3.89. The second kappa shape index (κ2) is 8.51. The molecular weight excluding hydrogens is 443 g/mol. The number of hydrogen-bond acceptors (Lipinski definition) is 5. The van der Waals surface area contributed by atoms with Crippen molar-refractivity contribution in [2.24, 2.45) is 0 Å². The molecule has 2 aromatic carbocycles. The van der Waals surface area contributed by atoms with E-state index in [-0.39, 0.29) is 16.0 Å². The Hall–Kier alpha value is -2.19. The summed E-state index contributed by atoms with van der Waals surface area (Å²) in [5.41, 5.74) is 3.17. The van der Waals surface area contributed by atoms with Gasteiger partial charge in [-0.25, -0.2) is 13.4 Å². The van der Waals surface area contributed by atoms with E-state index in [2.05, 4.69) is 31.7 Å². The third-order valence-electron chi connectivity index (χ3n) is 5.10. The fourth-order valence-electron chi connectivity index (χ4n) is 3.56. The Labute approximate surface area is 185 Å². The van der Waals surface area contributed by atoms with E-state index in [0.717, 1.165) is 24.3 Å². The third-order valence-corrected chi connectivity index (χ3v) is 7.16. The first-order valence-corrected chi connectivity index (χ1v) is 11.7. The topological polar surface area (TPSA) is 75.2 Å². The minimum absolute atomic E-state index is 0.0192. The van der Waals surface area contributed by atoms with Crippen LogP contribution in [0.25, 0.3) is 0 Å². The molecule has 0 amide bonds. The van der Waals surface area contributed by atoms with Gasteiger partial charge in [-0.1, -0.05) is 48.0 Å². The summed E-state index contributed by atoms with van der Waals surface area (Å²) in [5, 5.41) is 0.403. The highest BCUT2D eigenvalue weighted by Crippen LogP contribution is 2.29. The maximum absolute atomic E-state index is 13.1. The van der Waals surface area contributed by atoms with Gasteiger partial charge in [0.2, 0.25) is 5.28 Å². The predicted octanol–water partition coefficient (Wildman–Crippen LogP) is 4.45. The molecule has 0 fully saturated rings. The van der Waals surface area contributed by atoms with E-state index in [9.17, 15) is 8.42 Å². The average Bonchev–Trinajstić information content (AvgIpc) is 2.71. The van der Waals surface area contributed by atoms with Crippen molar-refractivity contribution in [2.75, 3.05) is 11.3 Å². The summed E-state index contributed by atoms with van der Waals surface area (Å²) in [4.78, 5) is 10.9. The second-order valence-corrected chi connectivity index (χ2v) is 9.58. The van der Waals surface area contributed by atoms with E-state index in [1.807, 2.05) is 18.2 Å². The predicted molar refractivity (Wildman–Crippen MR) is 118 cm³/mol. The first-order chi connectivity index (χ1) is 14.3. The molecule has 0 bridgehead atoms. The van der Waals surface area contributed by atoms with Gasteiger partial charge in [-0.3, -0.25) is 9.62 Å². The summed E-state index contributed by atoms with van der Waals surface area (Å²) in [6.07, 6.45) is 0.662. The van der Waals surface area contributed by atoms with Gasteiger partial charge in [0.05, 0.1) is 10.6 Å². The standard InChI is InChI=1S/C21H20Cl2N4O2S/c1-14-17(22)8-5-9-19(14)30(28,29)26-20-16-13-27(12-15-6-3-2-4-7-15)11-10-18(16)24-21(23)25-20/h2-9H,10-13H2,1H3,(H,24,25,26). The molecule has 4 rings (SSSR count). The van der Waals surface area contributed by atoms with E-state index in [4.69, 9.17) is 23.2 Å². The molecule has 0 saturated carbocycles. The van der Waals surface area contributed by atoms with Crippen LogP contribution in [0.4, 0.5) is 5.82 Å². The Kier molecular flexibility index (Phi) is 5.97. The van der Waals surface area contributed by atoms with Crippen LogP contribution in [-0.2, 0) is 29.5 Å². The van der Waals surface area contributed by atoms with Crippen molar-refractivity contribution in [2.45, 2.75) is 31.3 Å². The lowest BCUT2D eigenvalue weighted by molar-refractivity contribution is 0.243. The first-order valence-electron chi connectivity index (χ1n) is 9.43. The van der Waals surface area contributed by atoms with Crippen LogP contribution in [0.2, 0.25) is 10.3 Å². The zero-order valence-electron chi connectivity index (χ0n) is 16.3. The number of nitrogens with zero attached hydrogens (tertiary/aromatic N) is 3. The summed E-state index contributed by atoms with van der Waals surface area (Å²) in [5.74, 6) is 0.210. The Bertz CT molecular complexity index is 1190. The van der Waals surface area contributed by atoms with E-state index in [0.29, 0.717) is 23.6 Å². The van der Waals surface area contributed by atoms with Gasteiger partial charge in [0.15, 0.2) is 0 Å². The lowest BCUT2D eigenvalue weighted by atomic mass is 10.1. The molecular formula is C21H20Cl2N4O2S. The van der Waals surface area contributed by atoms with E-state index in [1.165, 1.54) is 11.6 Å². The SMILES string of the molecule is Cc1c(Cl)cccc1S(=O)(=O)Nc1nc(Cl)nc2c1CN(Cc1ccccc1)CC2. The van der Waals surface area contributed by atoms with Gasteiger partial charge in [-0.05, 0) is 41.8 Å². The molecule has 0 unspecified atom stereocenters. The van der Waals surface area contributed by atoms with Gasteiger partial charge in [-0.15, -0.1) is 0 Å². The largest absolute Gasteiger partial charge is 0.294 e. The summed E-state index contributed by atoms with van der Waals surface area (Å²) in [6, 6.07) is 14.9. The second-order valence-electron chi connectivity index (χ2n) is 7.18. The Morgan fingerprint density at radius 3 is 2.60 bits per heavy atom. The third kappa shape index (κ3) is 4.44. The van der Waals surface area contributed by atoms with Gasteiger partial charge in [-0.2, -0.15) is 4.98 Å². The highest BCUT2D eigenvalue weighted by molar-refractivity contribution is 7.92. The molecule has 1 aromatic heterocycles. The highest BCUT2D eigenvalue weighted by Gasteiger charge is 2.26. The van der Waals surface area contributed by atoms with Crippen LogP contribution >= 0.6 is 23.2 Å². The maximum Gasteiger partial charge on any atom is 0.263 e. The lowest BCUT2D eigenvalue weighted by Gasteiger charge is -2.29. The fraction of sp³-hybridized carbons (Fsp3) is 0.238. The van der Waals surface area contributed by atoms with Crippen LogP contribution < -0.4 is 4.72 Å². The summed E-state index contributed by atoms with van der Waals surface area (Å²) in [6.45, 7) is 3.74. The molecule has 0 spiro atoms. The van der Waals surface area contributed by atoms with Gasteiger partial charge in [0.1, 0.15) is 5.82 Å². The number of rotatable bonds is 5. The summed E-state index contributed by atoms with van der Waals surface area (Å²) in [7, 11) is -3.89. The van der Waals surface area contributed by atoms with Crippen LogP contribution in [0.3, 0.4) is 0 Å². The van der Waals surface area contributed by atoms with Crippen LogP contribution in [-0.4, -0.2) is 29.8 Å². The minimum Gasteiger partial charge on any atom is -0.294 e. The normalized spacial score (nSPS) is 14.4. The molecule has 0 saturated heterocycles. The van der Waals surface area contributed by atoms with Gasteiger partial charge < -0.3 is 0 Å². The molecule has 9 heteroatoms. The first kappa shape index (κ1) is 21.1. The van der Waals surface area contributed by atoms with Crippen molar-refractivity contribution in [3.8, 4) is 0 Å². The number of sulfonamides is 1. The van der Waals surface area contributed by atoms with Crippen molar-refractivity contribution < 1.29 is 8.42 Å². The molecule has 0 aliphatic carbocycles. The quantitative estimate of drug-likeness (QED) is 0.566. The smallest absolute Gasteiger partial charge is 0.263 e. The molecule has 6 nitrogen and oxygen atoms in total. The Morgan fingerprint density at radius 2 is 1.83 bits per heavy atom. The van der Waals surface area contributed by atoms with Gasteiger partial charge >= 0.3 is 0 Å². The number of aromatic nitrogens is 2. The van der Waals surface area contributed by atoms with Gasteiger partial charge in [0.25, 0.3) is 10.0 Å². The zero-order valence-corrected chi connectivity index (χ0v) is 18.6. The molecule has 2 heterocycles. The van der Waals surface area contributed by atoms with Crippen LogP contribution in [0.5, 0.6) is 0 Å². The average molecular weight is 463 g/mol. The molecule has 3 aromatic rings. The highest BCUT2D eigenvalue weighted by atomic mass is 35.5. The summed E-state index contributed by atoms with van der Waals surface area (Å²) >= 11 is 12.2. The molecule has 1 aliphatic rings. The van der Waals surface area contributed by atoms with E-state index < -0.39 is 10.0 Å². The number of nitrogens with one attached hydrogen (secondary N) is 1. The number of benzene rings is 2. The molecule has 0 atom stereocenters.